The Balaban J connectivity index is 2.05. The second-order valence-corrected chi connectivity index (χ2v) is 3.89. The van der Waals surface area contributed by atoms with Crippen LogP contribution in [0.5, 0.6) is 0 Å². The topological polar surface area (TPSA) is 37.8 Å². The number of hydrogen-bond donors (Lipinski definition) is 1. The molecule has 0 aliphatic carbocycles. The maximum absolute atomic E-state index is 12.9. The van der Waals surface area contributed by atoms with E-state index in [0.29, 0.717) is 17.9 Å². The lowest BCUT2D eigenvalue weighted by Gasteiger charge is -2.03. The fraction of sp³-hybridized carbons (Fsp3) is 0.111. The van der Waals surface area contributed by atoms with E-state index in [9.17, 15) is 8.78 Å². The molecule has 0 atom stereocenters. The molecule has 0 aliphatic heterocycles. The van der Waals surface area contributed by atoms with Gasteiger partial charge in [-0.05, 0) is 17.7 Å². The van der Waals surface area contributed by atoms with Gasteiger partial charge in [-0.3, -0.25) is 0 Å². The van der Waals surface area contributed by atoms with E-state index in [-0.39, 0.29) is 5.15 Å². The van der Waals surface area contributed by atoms with Crippen molar-refractivity contribution in [3.8, 4) is 0 Å². The van der Waals surface area contributed by atoms with Gasteiger partial charge in [-0.25, -0.2) is 8.78 Å². The summed E-state index contributed by atoms with van der Waals surface area (Å²) in [5, 5.41) is 3.14. The number of hydrogen-bond acceptors (Lipinski definition) is 4. The Morgan fingerprint density at radius 2 is 2.06 bits per heavy atom. The fourth-order valence-corrected chi connectivity index (χ4v) is 1.80. The molecular formula is C9H6ClF2N3S. The predicted molar refractivity (Wildman–Crippen MR) is 58.6 cm³/mol. The van der Waals surface area contributed by atoms with Crippen LogP contribution in [0.25, 0.3) is 0 Å². The molecule has 16 heavy (non-hydrogen) atoms. The van der Waals surface area contributed by atoms with Crippen molar-refractivity contribution >= 4 is 29.1 Å². The second kappa shape index (κ2) is 4.71. The van der Waals surface area contributed by atoms with Gasteiger partial charge in [-0.15, -0.1) is 0 Å². The third kappa shape index (κ3) is 2.45. The van der Waals surface area contributed by atoms with Crippen LogP contribution in [0.4, 0.5) is 14.6 Å². The molecule has 0 amide bonds. The number of halogens is 3. The lowest BCUT2D eigenvalue weighted by molar-refractivity contribution is 0.507. The van der Waals surface area contributed by atoms with Crippen molar-refractivity contribution in [2.75, 3.05) is 5.32 Å². The standard InChI is InChI=1S/C9H6ClF2N3S/c10-8-9(15-16-14-8)13-4-5-1-2-6(11)7(12)3-5/h1-3H,4H2,(H,13,15). The van der Waals surface area contributed by atoms with E-state index in [2.05, 4.69) is 14.1 Å². The summed E-state index contributed by atoms with van der Waals surface area (Å²) >= 11 is 6.68. The van der Waals surface area contributed by atoms with Crippen LogP contribution in [0.1, 0.15) is 5.56 Å². The van der Waals surface area contributed by atoms with E-state index in [1.165, 1.54) is 6.07 Å². The largest absolute Gasteiger partial charge is 0.363 e. The smallest absolute Gasteiger partial charge is 0.186 e. The summed E-state index contributed by atoms with van der Waals surface area (Å²) < 4.78 is 33.2. The number of benzene rings is 1. The zero-order valence-corrected chi connectivity index (χ0v) is 9.45. The van der Waals surface area contributed by atoms with E-state index in [0.717, 1.165) is 23.9 Å². The molecule has 0 fully saturated rings. The zero-order chi connectivity index (χ0) is 11.5. The molecule has 0 radical (unpaired) electrons. The average Bonchev–Trinajstić information content (AvgIpc) is 2.66. The van der Waals surface area contributed by atoms with Crippen LogP contribution < -0.4 is 5.32 Å². The third-order valence-corrected chi connectivity index (χ3v) is 2.78. The molecule has 0 unspecified atom stereocenters. The zero-order valence-electron chi connectivity index (χ0n) is 7.88. The SMILES string of the molecule is Fc1ccc(CNc2nsnc2Cl)cc1F. The van der Waals surface area contributed by atoms with Gasteiger partial charge in [0, 0.05) is 6.54 Å². The summed E-state index contributed by atoms with van der Waals surface area (Å²) in [6.07, 6.45) is 0. The Morgan fingerprint density at radius 3 is 2.69 bits per heavy atom. The van der Waals surface area contributed by atoms with Gasteiger partial charge in [-0.2, -0.15) is 8.75 Å². The van der Waals surface area contributed by atoms with Crippen LogP contribution >= 0.6 is 23.3 Å². The molecule has 1 aromatic carbocycles. The first-order valence-electron chi connectivity index (χ1n) is 4.32. The lowest BCUT2D eigenvalue weighted by Crippen LogP contribution is -2.01. The van der Waals surface area contributed by atoms with Crippen LogP contribution in [-0.2, 0) is 6.54 Å². The highest BCUT2D eigenvalue weighted by molar-refractivity contribution is 6.99. The summed E-state index contributed by atoms with van der Waals surface area (Å²) in [5.74, 6) is -1.30. The summed E-state index contributed by atoms with van der Waals surface area (Å²) in [4.78, 5) is 0. The molecule has 3 nitrogen and oxygen atoms in total. The molecule has 1 aromatic heterocycles. The normalized spacial score (nSPS) is 10.4. The van der Waals surface area contributed by atoms with Crippen molar-refractivity contribution in [3.05, 3.63) is 40.6 Å². The van der Waals surface area contributed by atoms with E-state index in [1.807, 2.05) is 0 Å². The van der Waals surface area contributed by atoms with Crippen LogP contribution in [-0.4, -0.2) is 8.75 Å². The maximum atomic E-state index is 12.9. The number of nitrogens with zero attached hydrogens (tertiary/aromatic N) is 2. The minimum atomic E-state index is -0.873. The first kappa shape index (κ1) is 11.2. The lowest BCUT2D eigenvalue weighted by atomic mass is 10.2. The summed E-state index contributed by atoms with van der Waals surface area (Å²) in [5.41, 5.74) is 0.600. The van der Waals surface area contributed by atoms with E-state index >= 15 is 0 Å². The van der Waals surface area contributed by atoms with Gasteiger partial charge in [-0.1, -0.05) is 17.7 Å². The second-order valence-electron chi connectivity index (χ2n) is 3.01. The van der Waals surface area contributed by atoms with Crippen molar-refractivity contribution in [2.24, 2.45) is 0 Å². The van der Waals surface area contributed by atoms with Crippen LogP contribution in [0.2, 0.25) is 5.15 Å². The maximum Gasteiger partial charge on any atom is 0.186 e. The van der Waals surface area contributed by atoms with Crippen molar-refractivity contribution in [3.63, 3.8) is 0 Å². The molecule has 84 valence electrons. The molecule has 0 spiro atoms. The highest BCUT2D eigenvalue weighted by Crippen LogP contribution is 2.19. The Hall–Kier alpha value is -1.27. The van der Waals surface area contributed by atoms with Crippen molar-refractivity contribution in [1.29, 1.82) is 0 Å². The number of rotatable bonds is 3. The summed E-state index contributed by atoms with van der Waals surface area (Å²) in [6, 6.07) is 3.68. The quantitative estimate of drug-likeness (QED) is 0.923. The van der Waals surface area contributed by atoms with Crippen molar-refractivity contribution in [2.45, 2.75) is 6.54 Å². The van der Waals surface area contributed by atoms with Crippen molar-refractivity contribution < 1.29 is 8.78 Å². The van der Waals surface area contributed by atoms with Gasteiger partial charge in [0.15, 0.2) is 22.6 Å². The van der Waals surface area contributed by atoms with Gasteiger partial charge in [0.1, 0.15) is 0 Å². The van der Waals surface area contributed by atoms with Gasteiger partial charge < -0.3 is 5.32 Å². The van der Waals surface area contributed by atoms with Crippen LogP contribution in [0.3, 0.4) is 0 Å². The molecule has 1 heterocycles. The molecule has 0 bridgehead atoms. The van der Waals surface area contributed by atoms with Gasteiger partial charge in [0.25, 0.3) is 0 Å². The average molecular weight is 262 g/mol. The third-order valence-electron chi connectivity index (χ3n) is 1.89. The summed E-state index contributed by atoms with van der Waals surface area (Å²) in [7, 11) is 0. The molecule has 2 rings (SSSR count). The number of aromatic nitrogens is 2. The Labute approximate surface area is 99.4 Å². The highest BCUT2D eigenvalue weighted by atomic mass is 35.5. The molecule has 2 aromatic rings. The van der Waals surface area contributed by atoms with Gasteiger partial charge in [0.05, 0.1) is 11.7 Å². The number of anilines is 1. The first-order chi connectivity index (χ1) is 7.66. The molecule has 0 aliphatic rings. The van der Waals surface area contributed by atoms with E-state index in [1.54, 1.807) is 0 Å². The fourth-order valence-electron chi connectivity index (χ4n) is 1.12. The minimum absolute atomic E-state index is 0.271. The van der Waals surface area contributed by atoms with Gasteiger partial charge in [0.2, 0.25) is 0 Å². The number of nitrogens with one attached hydrogen (secondary N) is 1. The first-order valence-corrected chi connectivity index (χ1v) is 5.43. The monoisotopic (exact) mass is 261 g/mol. The predicted octanol–water partition coefficient (Wildman–Crippen LogP) is 3.08. The Bertz CT molecular complexity index is 503. The molecule has 0 saturated carbocycles. The Morgan fingerprint density at radius 1 is 1.25 bits per heavy atom. The Kier molecular flexibility index (Phi) is 3.31. The molecular weight excluding hydrogens is 256 g/mol. The van der Waals surface area contributed by atoms with E-state index < -0.39 is 11.6 Å². The molecule has 0 saturated heterocycles. The van der Waals surface area contributed by atoms with Gasteiger partial charge >= 0.3 is 0 Å². The van der Waals surface area contributed by atoms with Crippen molar-refractivity contribution in [1.82, 2.24) is 8.75 Å². The van der Waals surface area contributed by atoms with Crippen LogP contribution in [0.15, 0.2) is 18.2 Å². The summed E-state index contributed by atoms with van der Waals surface area (Å²) in [6.45, 7) is 0.308. The molecule has 1 N–H and O–H groups in total. The highest BCUT2D eigenvalue weighted by Gasteiger charge is 2.06. The molecule has 7 heteroatoms. The minimum Gasteiger partial charge on any atom is -0.363 e. The van der Waals surface area contributed by atoms with E-state index in [4.69, 9.17) is 11.6 Å². The van der Waals surface area contributed by atoms with Crippen LogP contribution in [0, 0.1) is 11.6 Å².